The Morgan fingerprint density at radius 1 is 1.42 bits per heavy atom. The lowest BCUT2D eigenvalue weighted by Gasteiger charge is -2.28. The van der Waals surface area contributed by atoms with Crippen molar-refractivity contribution in [3.05, 3.63) is 21.4 Å². The topological polar surface area (TPSA) is 21.3 Å². The summed E-state index contributed by atoms with van der Waals surface area (Å²) in [5.41, 5.74) is 1.50. The molecule has 1 N–H and O–H groups in total. The molecule has 3 atom stereocenters. The lowest BCUT2D eigenvalue weighted by Crippen LogP contribution is -2.33. The maximum atomic E-state index is 5.91. The summed E-state index contributed by atoms with van der Waals surface area (Å²) in [4.78, 5) is 2.88. The number of ether oxygens (including phenoxy) is 1. The Kier molecular flexibility index (Phi) is 5.43. The van der Waals surface area contributed by atoms with Crippen LogP contribution in [-0.2, 0) is 4.74 Å². The van der Waals surface area contributed by atoms with Crippen LogP contribution in [0.4, 0.5) is 0 Å². The molecule has 1 aliphatic rings. The quantitative estimate of drug-likeness (QED) is 0.843. The Balaban J connectivity index is 2.22. The van der Waals surface area contributed by atoms with Gasteiger partial charge in [0.05, 0.1) is 6.10 Å². The molecule has 1 aromatic rings. The number of rotatable bonds is 6. The Hall–Kier alpha value is -0.380. The molecule has 108 valence electrons. The molecule has 3 unspecified atom stereocenters. The van der Waals surface area contributed by atoms with E-state index in [-0.39, 0.29) is 0 Å². The molecule has 0 aromatic carbocycles. The van der Waals surface area contributed by atoms with Gasteiger partial charge < -0.3 is 10.1 Å². The molecule has 2 heterocycles. The van der Waals surface area contributed by atoms with E-state index in [1.807, 2.05) is 11.3 Å². The van der Waals surface area contributed by atoms with Crippen LogP contribution in [0, 0.1) is 19.8 Å². The number of hydrogen-bond acceptors (Lipinski definition) is 3. The zero-order valence-electron chi connectivity index (χ0n) is 12.7. The van der Waals surface area contributed by atoms with E-state index in [0.29, 0.717) is 18.1 Å². The van der Waals surface area contributed by atoms with Crippen LogP contribution >= 0.6 is 11.3 Å². The van der Waals surface area contributed by atoms with Crippen molar-refractivity contribution in [3.8, 4) is 0 Å². The van der Waals surface area contributed by atoms with Crippen molar-refractivity contribution < 1.29 is 4.74 Å². The second-order valence-electron chi connectivity index (χ2n) is 5.57. The average Bonchev–Trinajstić information content (AvgIpc) is 2.97. The van der Waals surface area contributed by atoms with Crippen LogP contribution in [0.1, 0.15) is 54.5 Å². The molecule has 1 saturated heterocycles. The van der Waals surface area contributed by atoms with E-state index in [2.05, 4.69) is 39.1 Å². The smallest absolute Gasteiger partial charge is 0.0619 e. The molecule has 1 fully saturated rings. The highest BCUT2D eigenvalue weighted by Gasteiger charge is 2.35. The fourth-order valence-corrected chi connectivity index (χ4v) is 4.19. The van der Waals surface area contributed by atoms with Gasteiger partial charge in [0.1, 0.15) is 0 Å². The van der Waals surface area contributed by atoms with E-state index in [1.54, 1.807) is 0 Å². The third-order valence-corrected chi connectivity index (χ3v) is 5.10. The zero-order chi connectivity index (χ0) is 13.8. The summed E-state index contributed by atoms with van der Waals surface area (Å²) in [7, 11) is 0. The summed E-state index contributed by atoms with van der Waals surface area (Å²) >= 11 is 1.92. The van der Waals surface area contributed by atoms with E-state index in [1.165, 1.54) is 28.2 Å². The van der Waals surface area contributed by atoms with Crippen LogP contribution in [0.15, 0.2) is 6.07 Å². The minimum absolute atomic E-state index is 0.425. The number of nitrogens with one attached hydrogen (secondary N) is 1. The second-order valence-corrected chi connectivity index (χ2v) is 7.03. The van der Waals surface area contributed by atoms with Gasteiger partial charge >= 0.3 is 0 Å². The summed E-state index contributed by atoms with van der Waals surface area (Å²) in [5, 5.41) is 3.77. The first-order valence-electron chi connectivity index (χ1n) is 7.59. The molecule has 0 saturated carbocycles. The maximum absolute atomic E-state index is 5.91. The van der Waals surface area contributed by atoms with Crippen LogP contribution in [0.3, 0.4) is 0 Å². The highest BCUT2D eigenvalue weighted by atomic mass is 32.1. The minimum atomic E-state index is 0.425. The standard InChI is InChI=1S/C16H27NOS/c1-5-8-17-16(13-7-9-18-15(13)6-2)14-10-11(3)19-12(14)4/h10,13,15-17H,5-9H2,1-4H3. The van der Waals surface area contributed by atoms with Crippen molar-refractivity contribution in [2.24, 2.45) is 5.92 Å². The summed E-state index contributed by atoms with van der Waals surface area (Å²) in [6, 6.07) is 2.84. The summed E-state index contributed by atoms with van der Waals surface area (Å²) < 4.78 is 5.91. The fourth-order valence-electron chi connectivity index (χ4n) is 3.22. The van der Waals surface area contributed by atoms with Gasteiger partial charge in [0.2, 0.25) is 0 Å². The Morgan fingerprint density at radius 2 is 2.21 bits per heavy atom. The van der Waals surface area contributed by atoms with Crippen molar-refractivity contribution in [2.75, 3.05) is 13.2 Å². The fraction of sp³-hybridized carbons (Fsp3) is 0.750. The number of thiophene rings is 1. The molecule has 1 aliphatic heterocycles. The molecule has 19 heavy (non-hydrogen) atoms. The van der Waals surface area contributed by atoms with Gasteiger partial charge in [-0.15, -0.1) is 11.3 Å². The third-order valence-electron chi connectivity index (χ3n) is 4.12. The molecule has 0 spiro atoms. The summed E-state index contributed by atoms with van der Waals surface area (Å²) in [6.07, 6.45) is 3.92. The van der Waals surface area contributed by atoms with Gasteiger partial charge in [-0.1, -0.05) is 13.8 Å². The van der Waals surface area contributed by atoms with Crippen LogP contribution in [-0.4, -0.2) is 19.3 Å². The van der Waals surface area contributed by atoms with Crippen LogP contribution in [0.5, 0.6) is 0 Å². The average molecular weight is 281 g/mol. The molecule has 0 radical (unpaired) electrons. The van der Waals surface area contributed by atoms with Crippen molar-refractivity contribution in [2.45, 2.75) is 59.1 Å². The molecule has 0 aliphatic carbocycles. The first-order valence-corrected chi connectivity index (χ1v) is 8.40. The van der Waals surface area contributed by atoms with Gasteiger partial charge in [0, 0.05) is 28.3 Å². The van der Waals surface area contributed by atoms with Crippen molar-refractivity contribution >= 4 is 11.3 Å². The predicted octanol–water partition coefficient (Wildman–Crippen LogP) is 4.22. The third kappa shape index (κ3) is 3.39. The van der Waals surface area contributed by atoms with Gasteiger partial charge in [0.15, 0.2) is 0 Å². The monoisotopic (exact) mass is 281 g/mol. The van der Waals surface area contributed by atoms with Crippen LogP contribution < -0.4 is 5.32 Å². The van der Waals surface area contributed by atoms with E-state index < -0.39 is 0 Å². The van der Waals surface area contributed by atoms with Crippen molar-refractivity contribution in [3.63, 3.8) is 0 Å². The Labute approximate surface area is 121 Å². The van der Waals surface area contributed by atoms with Gasteiger partial charge in [-0.3, -0.25) is 0 Å². The van der Waals surface area contributed by atoms with E-state index in [4.69, 9.17) is 4.74 Å². The second kappa shape index (κ2) is 6.87. The first kappa shape index (κ1) is 15.0. The molecule has 1 aromatic heterocycles. The highest BCUT2D eigenvalue weighted by Crippen LogP contribution is 2.38. The first-order chi connectivity index (χ1) is 9.17. The molecular formula is C16H27NOS. The molecule has 0 bridgehead atoms. The highest BCUT2D eigenvalue weighted by molar-refractivity contribution is 7.12. The number of aryl methyl sites for hydroxylation is 2. The number of hydrogen-bond donors (Lipinski definition) is 1. The lowest BCUT2D eigenvalue weighted by molar-refractivity contribution is 0.0774. The van der Waals surface area contributed by atoms with Crippen LogP contribution in [0.25, 0.3) is 0 Å². The van der Waals surface area contributed by atoms with Crippen molar-refractivity contribution in [1.82, 2.24) is 5.32 Å². The molecular weight excluding hydrogens is 254 g/mol. The van der Waals surface area contributed by atoms with Crippen molar-refractivity contribution in [1.29, 1.82) is 0 Å². The summed E-state index contributed by atoms with van der Waals surface area (Å²) in [6.45, 7) is 11.0. The van der Waals surface area contributed by atoms with E-state index >= 15 is 0 Å². The lowest BCUT2D eigenvalue weighted by atomic mass is 9.86. The predicted molar refractivity (Wildman–Crippen MR) is 83.0 cm³/mol. The Morgan fingerprint density at radius 3 is 2.79 bits per heavy atom. The molecule has 2 rings (SSSR count). The normalized spacial score (nSPS) is 24.8. The molecule has 2 nitrogen and oxygen atoms in total. The Bertz CT molecular complexity index is 401. The zero-order valence-corrected chi connectivity index (χ0v) is 13.5. The maximum Gasteiger partial charge on any atom is 0.0619 e. The van der Waals surface area contributed by atoms with Crippen LogP contribution in [0.2, 0.25) is 0 Å². The molecule has 0 amide bonds. The van der Waals surface area contributed by atoms with Gasteiger partial charge in [-0.2, -0.15) is 0 Å². The van der Waals surface area contributed by atoms with E-state index in [9.17, 15) is 0 Å². The molecule has 3 heteroatoms. The minimum Gasteiger partial charge on any atom is -0.378 e. The summed E-state index contributed by atoms with van der Waals surface area (Å²) in [5.74, 6) is 0.629. The van der Waals surface area contributed by atoms with E-state index in [0.717, 1.165) is 19.6 Å². The van der Waals surface area contributed by atoms with Gasteiger partial charge in [0.25, 0.3) is 0 Å². The van der Waals surface area contributed by atoms with Gasteiger partial charge in [-0.05, 0) is 51.3 Å². The SMILES string of the molecule is CCCNC(c1cc(C)sc1C)C1CCOC1CC. The van der Waals surface area contributed by atoms with Gasteiger partial charge in [-0.25, -0.2) is 0 Å². The largest absolute Gasteiger partial charge is 0.378 e.